The average Bonchev–Trinajstić information content (AvgIpc) is 2.49. The molecule has 0 spiro atoms. The molecule has 2 nitrogen and oxygen atoms in total. The zero-order valence-corrected chi connectivity index (χ0v) is 13.3. The smallest absolute Gasteiger partial charge is 0.0716 e. The third-order valence-corrected chi connectivity index (χ3v) is 3.34. The van der Waals surface area contributed by atoms with Crippen molar-refractivity contribution >= 4 is 0 Å². The van der Waals surface area contributed by atoms with Gasteiger partial charge in [0.05, 0.1) is 12.7 Å². The Labute approximate surface area is 129 Å². The number of ether oxygens (including phenoxy) is 1. The molecule has 0 saturated heterocycles. The number of aliphatic hydroxyl groups excluding tert-OH is 1. The van der Waals surface area contributed by atoms with Gasteiger partial charge in [0.15, 0.2) is 0 Å². The topological polar surface area (TPSA) is 29.5 Å². The summed E-state index contributed by atoms with van der Waals surface area (Å²) in [4.78, 5) is 0. The van der Waals surface area contributed by atoms with Gasteiger partial charge in [0.1, 0.15) is 0 Å². The molecule has 0 bridgehead atoms. The van der Waals surface area contributed by atoms with E-state index in [2.05, 4.69) is 25.7 Å². The first-order valence-electron chi connectivity index (χ1n) is 8.00. The van der Waals surface area contributed by atoms with E-state index in [-0.39, 0.29) is 12.0 Å². The summed E-state index contributed by atoms with van der Waals surface area (Å²) in [6, 6.07) is 10.1. The summed E-state index contributed by atoms with van der Waals surface area (Å²) in [6.07, 6.45) is 4.40. The maximum Gasteiger partial charge on any atom is 0.0716 e. The minimum atomic E-state index is -0.323. The van der Waals surface area contributed by atoms with Crippen LogP contribution in [0.1, 0.15) is 51.5 Å². The van der Waals surface area contributed by atoms with E-state index in [9.17, 15) is 5.11 Å². The Morgan fingerprint density at radius 3 is 2.71 bits per heavy atom. The van der Waals surface area contributed by atoms with Crippen molar-refractivity contribution in [3.8, 4) is 11.8 Å². The first-order chi connectivity index (χ1) is 10.2. The lowest BCUT2D eigenvalue weighted by atomic mass is 10.0. The summed E-state index contributed by atoms with van der Waals surface area (Å²) in [6.45, 7) is 5.45. The molecule has 0 fully saturated rings. The zero-order valence-electron chi connectivity index (χ0n) is 13.3. The number of aliphatic hydroxyl groups is 1. The maximum absolute atomic E-state index is 9.97. The van der Waals surface area contributed by atoms with E-state index in [1.807, 2.05) is 30.3 Å². The van der Waals surface area contributed by atoms with Crippen LogP contribution in [-0.2, 0) is 11.3 Å². The normalized spacial score (nSPS) is 13.3. The van der Waals surface area contributed by atoms with E-state index >= 15 is 0 Å². The summed E-state index contributed by atoms with van der Waals surface area (Å²) >= 11 is 0. The zero-order chi connectivity index (χ0) is 15.3. The number of rotatable bonds is 9. The van der Waals surface area contributed by atoms with Crippen LogP contribution in [0.3, 0.4) is 0 Å². The van der Waals surface area contributed by atoms with Crippen LogP contribution in [0.15, 0.2) is 30.3 Å². The van der Waals surface area contributed by atoms with Crippen LogP contribution in [0.25, 0.3) is 0 Å². The van der Waals surface area contributed by atoms with Crippen molar-refractivity contribution in [2.24, 2.45) is 5.92 Å². The molecule has 0 radical (unpaired) electrons. The van der Waals surface area contributed by atoms with E-state index in [0.717, 1.165) is 19.3 Å². The minimum Gasteiger partial charge on any atom is -0.393 e. The second-order valence-corrected chi connectivity index (χ2v) is 5.54. The van der Waals surface area contributed by atoms with Gasteiger partial charge in [-0.2, -0.15) is 0 Å². The molecular formula is C19H28O2. The second kappa shape index (κ2) is 11.4. The van der Waals surface area contributed by atoms with E-state index in [4.69, 9.17) is 4.74 Å². The first kappa shape index (κ1) is 17.8. The maximum atomic E-state index is 9.97. The Bertz CT molecular complexity index is 416. The van der Waals surface area contributed by atoms with Crippen molar-refractivity contribution in [3.05, 3.63) is 35.9 Å². The fourth-order valence-electron chi connectivity index (χ4n) is 2.08. The van der Waals surface area contributed by atoms with Gasteiger partial charge in [-0.25, -0.2) is 0 Å². The van der Waals surface area contributed by atoms with Gasteiger partial charge in [-0.15, -0.1) is 11.8 Å². The van der Waals surface area contributed by atoms with Crippen molar-refractivity contribution in [2.45, 2.75) is 58.7 Å². The lowest BCUT2D eigenvalue weighted by Gasteiger charge is -2.12. The van der Waals surface area contributed by atoms with Crippen LogP contribution < -0.4 is 0 Å². The Morgan fingerprint density at radius 1 is 1.24 bits per heavy atom. The van der Waals surface area contributed by atoms with E-state index < -0.39 is 0 Å². The Balaban J connectivity index is 2.10. The highest BCUT2D eigenvalue weighted by Gasteiger charge is 2.08. The van der Waals surface area contributed by atoms with Crippen LogP contribution in [0.5, 0.6) is 0 Å². The summed E-state index contributed by atoms with van der Waals surface area (Å²) < 4.78 is 5.59. The SMILES string of the molecule is CCCCC#C[C@H](C)C[C@@H](O)CCOCc1ccccc1. The van der Waals surface area contributed by atoms with Crippen molar-refractivity contribution in [2.75, 3.05) is 6.61 Å². The molecule has 0 amide bonds. The lowest BCUT2D eigenvalue weighted by Crippen LogP contribution is -2.13. The van der Waals surface area contributed by atoms with Crippen LogP contribution in [-0.4, -0.2) is 17.8 Å². The quantitative estimate of drug-likeness (QED) is 0.546. The molecule has 0 aromatic heterocycles. The largest absolute Gasteiger partial charge is 0.393 e. The molecule has 2 heteroatoms. The fourth-order valence-corrected chi connectivity index (χ4v) is 2.08. The molecule has 116 valence electrons. The molecule has 0 saturated carbocycles. The van der Waals surface area contributed by atoms with E-state index in [0.29, 0.717) is 19.6 Å². The number of hydrogen-bond donors (Lipinski definition) is 1. The Hall–Kier alpha value is -1.30. The summed E-state index contributed by atoms with van der Waals surface area (Å²) in [5.41, 5.74) is 1.17. The van der Waals surface area contributed by atoms with Crippen molar-refractivity contribution in [1.29, 1.82) is 0 Å². The third-order valence-electron chi connectivity index (χ3n) is 3.34. The Kier molecular flexibility index (Phi) is 9.61. The van der Waals surface area contributed by atoms with Crippen molar-refractivity contribution in [1.82, 2.24) is 0 Å². The second-order valence-electron chi connectivity index (χ2n) is 5.54. The molecule has 0 heterocycles. The first-order valence-corrected chi connectivity index (χ1v) is 8.00. The molecule has 1 rings (SSSR count). The molecule has 1 aromatic carbocycles. The summed E-state index contributed by atoms with van der Waals surface area (Å²) in [7, 11) is 0. The standard InChI is InChI=1S/C19H28O2/c1-3-4-5-7-10-17(2)15-19(20)13-14-21-16-18-11-8-6-9-12-18/h6,8-9,11-12,17,19-20H,3-5,13-16H2,1-2H3/t17-,19-/m0/s1. The highest BCUT2D eigenvalue weighted by molar-refractivity contribution is 5.13. The lowest BCUT2D eigenvalue weighted by molar-refractivity contribution is 0.0667. The summed E-state index contributed by atoms with van der Waals surface area (Å²) in [5, 5.41) is 9.97. The molecule has 21 heavy (non-hydrogen) atoms. The molecule has 1 N–H and O–H groups in total. The minimum absolute atomic E-state index is 0.256. The molecule has 1 aromatic rings. The van der Waals surface area contributed by atoms with Gasteiger partial charge < -0.3 is 9.84 Å². The van der Waals surface area contributed by atoms with Crippen LogP contribution >= 0.6 is 0 Å². The van der Waals surface area contributed by atoms with Gasteiger partial charge in [-0.1, -0.05) is 50.6 Å². The third kappa shape index (κ3) is 9.28. The van der Waals surface area contributed by atoms with Gasteiger partial charge in [0.25, 0.3) is 0 Å². The predicted molar refractivity (Wildman–Crippen MR) is 87.8 cm³/mol. The number of benzene rings is 1. The van der Waals surface area contributed by atoms with E-state index in [1.54, 1.807) is 0 Å². The van der Waals surface area contributed by atoms with Gasteiger partial charge in [0.2, 0.25) is 0 Å². The molecular weight excluding hydrogens is 260 g/mol. The van der Waals surface area contributed by atoms with Crippen LogP contribution in [0.2, 0.25) is 0 Å². The molecule has 0 unspecified atom stereocenters. The van der Waals surface area contributed by atoms with Gasteiger partial charge in [0, 0.05) is 18.9 Å². The Morgan fingerprint density at radius 2 is 2.00 bits per heavy atom. The number of hydrogen-bond acceptors (Lipinski definition) is 2. The van der Waals surface area contributed by atoms with Crippen LogP contribution in [0, 0.1) is 17.8 Å². The molecule has 0 aliphatic heterocycles. The molecule has 0 aliphatic rings. The van der Waals surface area contributed by atoms with Crippen molar-refractivity contribution in [3.63, 3.8) is 0 Å². The van der Waals surface area contributed by atoms with Gasteiger partial charge in [-0.3, -0.25) is 0 Å². The number of unbranched alkanes of at least 4 members (excludes halogenated alkanes) is 2. The van der Waals surface area contributed by atoms with E-state index in [1.165, 1.54) is 12.0 Å². The molecule has 0 aliphatic carbocycles. The molecule has 2 atom stereocenters. The highest BCUT2D eigenvalue weighted by atomic mass is 16.5. The summed E-state index contributed by atoms with van der Waals surface area (Å²) in [5.74, 6) is 6.66. The van der Waals surface area contributed by atoms with Gasteiger partial charge >= 0.3 is 0 Å². The highest BCUT2D eigenvalue weighted by Crippen LogP contribution is 2.09. The monoisotopic (exact) mass is 288 g/mol. The average molecular weight is 288 g/mol. The van der Waals surface area contributed by atoms with Crippen LogP contribution in [0.4, 0.5) is 0 Å². The fraction of sp³-hybridized carbons (Fsp3) is 0.579. The van der Waals surface area contributed by atoms with Gasteiger partial charge in [-0.05, 0) is 24.8 Å². The van der Waals surface area contributed by atoms with Crippen molar-refractivity contribution < 1.29 is 9.84 Å². The predicted octanol–water partition coefficient (Wildman–Crippen LogP) is 4.17.